The quantitative estimate of drug-likeness (QED) is 0.556. The Morgan fingerprint density at radius 1 is 1.18 bits per heavy atom. The summed E-state index contributed by atoms with van der Waals surface area (Å²) >= 11 is 18.7. The fourth-order valence-electron chi connectivity index (χ4n) is 3.16. The Morgan fingerprint density at radius 3 is 2.71 bits per heavy atom. The number of hydrogen-bond donors (Lipinski definition) is 0. The molecule has 4 rings (SSSR count). The van der Waals surface area contributed by atoms with Gasteiger partial charge in [-0.3, -0.25) is 0 Å². The van der Waals surface area contributed by atoms with E-state index < -0.39 is 5.79 Å². The molecule has 0 aliphatic carbocycles. The Bertz CT molecular complexity index is 994. The van der Waals surface area contributed by atoms with E-state index in [0.717, 1.165) is 0 Å². The number of nitrogens with zero attached hydrogens (tertiary/aromatic N) is 2. The topological polar surface area (TPSA) is 45.5 Å². The van der Waals surface area contributed by atoms with Crippen molar-refractivity contribution >= 4 is 34.8 Å². The molecule has 0 saturated carbocycles. The van der Waals surface area contributed by atoms with Crippen molar-refractivity contribution in [3.8, 4) is 5.75 Å². The lowest BCUT2D eigenvalue weighted by atomic mass is 10.0. The van der Waals surface area contributed by atoms with Crippen LogP contribution in [0.1, 0.15) is 11.4 Å². The molecule has 2 heterocycles. The zero-order valence-electron chi connectivity index (χ0n) is 14.9. The predicted octanol–water partition coefficient (Wildman–Crippen LogP) is 5.08. The summed E-state index contributed by atoms with van der Waals surface area (Å²) < 4.78 is 20.2. The van der Waals surface area contributed by atoms with Crippen molar-refractivity contribution in [2.75, 3.05) is 13.2 Å². The second kappa shape index (κ2) is 7.93. The van der Waals surface area contributed by atoms with Gasteiger partial charge in [-0.15, -0.1) is 0 Å². The molecular formula is C20H17Cl3N2O3. The first-order chi connectivity index (χ1) is 13.5. The Labute approximate surface area is 177 Å². The molecule has 0 amide bonds. The van der Waals surface area contributed by atoms with E-state index in [1.54, 1.807) is 36.5 Å². The molecule has 0 radical (unpaired) electrons. The fourth-order valence-corrected chi connectivity index (χ4v) is 3.88. The maximum atomic E-state index is 6.48. The number of aryl methyl sites for hydroxylation is 1. The van der Waals surface area contributed by atoms with Gasteiger partial charge in [0.15, 0.2) is 5.82 Å². The molecule has 1 fully saturated rings. The van der Waals surface area contributed by atoms with Crippen LogP contribution in [0.5, 0.6) is 5.75 Å². The summed E-state index contributed by atoms with van der Waals surface area (Å²) in [5.41, 5.74) is 0.633. The zero-order valence-corrected chi connectivity index (χ0v) is 17.2. The summed E-state index contributed by atoms with van der Waals surface area (Å²) in [6.45, 7) is 0.567. The van der Waals surface area contributed by atoms with Crippen LogP contribution in [0.15, 0.2) is 54.9 Å². The Morgan fingerprint density at radius 2 is 2.00 bits per heavy atom. The molecule has 2 aromatic carbocycles. The highest BCUT2D eigenvalue weighted by Gasteiger charge is 2.49. The van der Waals surface area contributed by atoms with Gasteiger partial charge >= 0.3 is 0 Å². The summed E-state index contributed by atoms with van der Waals surface area (Å²) in [6.07, 6.45) is 3.15. The minimum absolute atomic E-state index is 0.265. The van der Waals surface area contributed by atoms with Gasteiger partial charge in [0.1, 0.15) is 18.5 Å². The van der Waals surface area contributed by atoms with Gasteiger partial charge in [-0.05, 0) is 24.3 Å². The third-order valence-electron chi connectivity index (χ3n) is 4.47. The number of halogens is 3. The van der Waals surface area contributed by atoms with E-state index in [-0.39, 0.29) is 12.7 Å². The first-order valence-electron chi connectivity index (χ1n) is 8.62. The van der Waals surface area contributed by atoms with E-state index in [4.69, 9.17) is 49.0 Å². The minimum atomic E-state index is -1.26. The molecule has 28 heavy (non-hydrogen) atoms. The molecule has 0 spiro atoms. The molecule has 0 bridgehead atoms. The number of para-hydroxylation sites is 1. The van der Waals surface area contributed by atoms with E-state index in [0.29, 0.717) is 38.8 Å². The second-order valence-electron chi connectivity index (χ2n) is 6.39. The van der Waals surface area contributed by atoms with E-state index in [1.165, 1.54) is 0 Å². The molecule has 146 valence electrons. The first-order valence-corrected chi connectivity index (χ1v) is 9.75. The molecule has 0 N–H and O–H groups in total. The van der Waals surface area contributed by atoms with Crippen molar-refractivity contribution in [2.24, 2.45) is 7.05 Å². The summed E-state index contributed by atoms with van der Waals surface area (Å²) in [5, 5.41) is 1.50. The monoisotopic (exact) mass is 438 g/mol. The maximum Gasteiger partial charge on any atom is 0.258 e. The molecule has 5 nitrogen and oxygen atoms in total. The molecule has 1 aliphatic heterocycles. The van der Waals surface area contributed by atoms with Crippen LogP contribution < -0.4 is 4.74 Å². The number of rotatable bonds is 5. The number of hydrogen-bond acceptors (Lipinski definition) is 4. The second-order valence-corrected chi connectivity index (χ2v) is 7.65. The van der Waals surface area contributed by atoms with Crippen LogP contribution in [0, 0.1) is 0 Å². The normalized spacial score (nSPS) is 21.8. The minimum Gasteiger partial charge on any atom is -0.489 e. The van der Waals surface area contributed by atoms with Gasteiger partial charge in [-0.2, -0.15) is 0 Å². The molecule has 3 aromatic rings. The largest absolute Gasteiger partial charge is 0.489 e. The highest BCUT2D eigenvalue weighted by Crippen LogP contribution is 2.43. The van der Waals surface area contributed by atoms with Crippen molar-refractivity contribution in [1.82, 2.24) is 9.55 Å². The third-order valence-corrected chi connectivity index (χ3v) is 5.33. The molecular weight excluding hydrogens is 423 g/mol. The summed E-state index contributed by atoms with van der Waals surface area (Å²) in [4.78, 5) is 4.44. The average Bonchev–Trinajstić information content (AvgIpc) is 3.28. The number of aromatic nitrogens is 2. The van der Waals surface area contributed by atoms with Gasteiger partial charge in [0.05, 0.1) is 16.7 Å². The van der Waals surface area contributed by atoms with Crippen LogP contribution in [0.3, 0.4) is 0 Å². The highest BCUT2D eigenvalue weighted by molar-refractivity contribution is 6.35. The molecule has 2 unspecified atom stereocenters. The van der Waals surface area contributed by atoms with Crippen molar-refractivity contribution in [1.29, 1.82) is 0 Å². The predicted molar refractivity (Wildman–Crippen MR) is 108 cm³/mol. The molecule has 8 heteroatoms. The van der Waals surface area contributed by atoms with Crippen LogP contribution in [0.2, 0.25) is 15.1 Å². The maximum absolute atomic E-state index is 6.48. The summed E-state index contributed by atoms with van der Waals surface area (Å²) in [6, 6.07) is 12.5. The fraction of sp³-hybridized carbons (Fsp3) is 0.250. The van der Waals surface area contributed by atoms with Crippen molar-refractivity contribution in [3.05, 3.63) is 81.3 Å². The highest BCUT2D eigenvalue weighted by atomic mass is 35.5. The lowest BCUT2D eigenvalue weighted by Gasteiger charge is -2.28. The lowest BCUT2D eigenvalue weighted by Crippen LogP contribution is -2.34. The lowest BCUT2D eigenvalue weighted by molar-refractivity contribution is -0.153. The third kappa shape index (κ3) is 3.61. The molecule has 2 atom stereocenters. The van der Waals surface area contributed by atoms with E-state index in [9.17, 15) is 0 Å². The Kier molecular flexibility index (Phi) is 5.54. The SMILES string of the molecule is Cn1ccnc1C1(c2ccc(Cl)cc2Cl)OCC(COc2ccccc2Cl)O1. The van der Waals surface area contributed by atoms with E-state index in [1.807, 2.05) is 29.9 Å². The van der Waals surface area contributed by atoms with Crippen molar-refractivity contribution < 1.29 is 14.2 Å². The van der Waals surface area contributed by atoms with Crippen LogP contribution in [-0.2, 0) is 22.3 Å². The van der Waals surface area contributed by atoms with E-state index in [2.05, 4.69) is 4.98 Å². The Hall–Kier alpha value is -1.76. The molecule has 1 aliphatic rings. The number of benzene rings is 2. The van der Waals surface area contributed by atoms with Gasteiger partial charge in [-0.25, -0.2) is 4.98 Å². The summed E-state index contributed by atoms with van der Waals surface area (Å²) in [7, 11) is 1.87. The Balaban J connectivity index is 1.63. The summed E-state index contributed by atoms with van der Waals surface area (Å²) in [5.74, 6) is -0.0854. The van der Waals surface area contributed by atoms with Gasteiger partial charge in [0.2, 0.25) is 0 Å². The van der Waals surface area contributed by atoms with Crippen LogP contribution >= 0.6 is 34.8 Å². The van der Waals surface area contributed by atoms with Gasteiger partial charge in [0, 0.05) is 30.0 Å². The van der Waals surface area contributed by atoms with Crippen LogP contribution in [0.25, 0.3) is 0 Å². The van der Waals surface area contributed by atoms with Gasteiger partial charge in [0.25, 0.3) is 5.79 Å². The molecule has 1 saturated heterocycles. The van der Waals surface area contributed by atoms with E-state index >= 15 is 0 Å². The van der Waals surface area contributed by atoms with Crippen molar-refractivity contribution in [3.63, 3.8) is 0 Å². The van der Waals surface area contributed by atoms with Gasteiger partial charge < -0.3 is 18.8 Å². The van der Waals surface area contributed by atoms with Crippen LogP contribution in [-0.4, -0.2) is 28.9 Å². The van der Waals surface area contributed by atoms with Gasteiger partial charge in [-0.1, -0.05) is 53.0 Å². The number of ether oxygens (including phenoxy) is 3. The average molecular weight is 440 g/mol. The molecule has 1 aromatic heterocycles. The van der Waals surface area contributed by atoms with Crippen LogP contribution in [0.4, 0.5) is 0 Å². The smallest absolute Gasteiger partial charge is 0.258 e. The van der Waals surface area contributed by atoms with Crippen molar-refractivity contribution in [2.45, 2.75) is 11.9 Å². The standard InChI is InChI=1S/C20H17Cl3N2O3/c1-25-9-8-24-19(25)20(15-7-6-13(21)10-17(15)23)27-12-14(28-20)11-26-18-5-3-2-4-16(18)22/h2-10,14H,11-12H2,1H3. The zero-order chi connectivity index (χ0) is 19.7. The first kappa shape index (κ1) is 19.6. The number of imidazole rings is 1.